The van der Waals surface area contributed by atoms with E-state index in [0.717, 1.165) is 11.3 Å². The van der Waals surface area contributed by atoms with Crippen molar-refractivity contribution >= 4 is 40.7 Å². The van der Waals surface area contributed by atoms with Crippen molar-refractivity contribution in [2.45, 2.75) is 5.56 Å². The minimum Gasteiger partial charge on any atom is -0.363 e. The number of halogens is 2. The van der Waals surface area contributed by atoms with Crippen molar-refractivity contribution in [2.75, 3.05) is 5.75 Å². The van der Waals surface area contributed by atoms with Gasteiger partial charge in [0.1, 0.15) is 0 Å². The topological polar surface area (TPSA) is 32.6 Å². The number of thioether (sulfide) groups is 1. The lowest BCUT2D eigenvalue weighted by molar-refractivity contribution is 0.277. The van der Waals surface area contributed by atoms with Crippen LogP contribution in [-0.4, -0.2) is 22.1 Å². The summed E-state index contributed by atoms with van der Waals surface area (Å²) < 4.78 is 0. The van der Waals surface area contributed by atoms with Crippen molar-refractivity contribution in [1.82, 2.24) is 0 Å². The van der Waals surface area contributed by atoms with Crippen molar-refractivity contribution in [2.24, 2.45) is 4.99 Å². The van der Waals surface area contributed by atoms with Crippen LogP contribution in [0.25, 0.3) is 0 Å². The molecule has 0 spiro atoms. The summed E-state index contributed by atoms with van der Waals surface area (Å²) in [7, 11) is 0. The second-order valence-electron chi connectivity index (χ2n) is 2.84. The standard InChI is InChI=1S/C9H7Cl2NOS/c10-6-2-1-5(3-7(6)11)8-4-14-9(13)12-8/h1-3,9,13H,4H2. The quantitative estimate of drug-likeness (QED) is 0.828. The molecular weight excluding hydrogens is 241 g/mol. The molecule has 1 atom stereocenters. The van der Waals surface area contributed by atoms with E-state index in [0.29, 0.717) is 15.8 Å². The van der Waals surface area contributed by atoms with Crippen LogP contribution in [-0.2, 0) is 0 Å². The third kappa shape index (κ3) is 2.06. The third-order valence-corrected chi connectivity index (χ3v) is 3.47. The Morgan fingerprint density at radius 1 is 1.36 bits per heavy atom. The lowest BCUT2D eigenvalue weighted by Gasteiger charge is -2.01. The molecule has 1 aromatic rings. The number of hydrogen-bond acceptors (Lipinski definition) is 3. The molecule has 1 N–H and O–H groups in total. The molecule has 0 saturated heterocycles. The number of aliphatic hydroxyl groups is 1. The molecule has 1 heterocycles. The van der Waals surface area contributed by atoms with Gasteiger partial charge in [0.25, 0.3) is 0 Å². The van der Waals surface area contributed by atoms with Crippen LogP contribution in [0.5, 0.6) is 0 Å². The summed E-state index contributed by atoms with van der Waals surface area (Å²) in [5, 5.41) is 10.2. The highest BCUT2D eigenvalue weighted by Gasteiger charge is 2.16. The van der Waals surface area contributed by atoms with Crippen molar-refractivity contribution in [3.05, 3.63) is 33.8 Å². The van der Waals surface area contributed by atoms with E-state index in [-0.39, 0.29) is 0 Å². The number of aliphatic imine (C=N–C) groups is 1. The van der Waals surface area contributed by atoms with Crippen molar-refractivity contribution in [1.29, 1.82) is 0 Å². The Morgan fingerprint density at radius 2 is 2.14 bits per heavy atom. The maximum Gasteiger partial charge on any atom is 0.194 e. The predicted octanol–water partition coefficient (Wildman–Crippen LogP) is 2.81. The number of benzene rings is 1. The number of nitrogens with zero attached hydrogens (tertiary/aromatic N) is 1. The minimum atomic E-state index is -0.639. The molecule has 14 heavy (non-hydrogen) atoms. The van der Waals surface area contributed by atoms with Crippen LogP contribution in [0.3, 0.4) is 0 Å². The Bertz CT molecular complexity index is 394. The van der Waals surface area contributed by atoms with Crippen LogP contribution in [0.4, 0.5) is 0 Å². The third-order valence-electron chi connectivity index (χ3n) is 1.89. The summed E-state index contributed by atoms with van der Waals surface area (Å²) in [6, 6.07) is 5.35. The highest BCUT2D eigenvalue weighted by Crippen LogP contribution is 2.26. The molecule has 0 aromatic heterocycles. The van der Waals surface area contributed by atoms with Crippen LogP contribution in [0.1, 0.15) is 5.56 Å². The van der Waals surface area contributed by atoms with E-state index < -0.39 is 5.56 Å². The fourth-order valence-electron chi connectivity index (χ4n) is 1.19. The maximum atomic E-state index is 9.20. The molecule has 0 amide bonds. The van der Waals surface area contributed by atoms with E-state index in [1.54, 1.807) is 12.1 Å². The Kier molecular flexibility index (Phi) is 3.02. The molecule has 0 aliphatic carbocycles. The lowest BCUT2D eigenvalue weighted by atomic mass is 10.1. The van der Waals surface area contributed by atoms with Gasteiger partial charge in [0.15, 0.2) is 5.56 Å². The van der Waals surface area contributed by atoms with E-state index in [1.165, 1.54) is 11.8 Å². The largest absolute Gasteiger partial charge is 0.363 e. The van der Waals surface area contributed by atoms with E-state index in [1.807, 2.05) is 6.07 Å². The van der Waals surface area contributed by atoms with Crippen LogP contribution in [0, 0.1) is 0 Å². The second kappa shape index (κ2) is 4.11. The zero-order valence-corrected chi connectivity index (χ0v) is 9.40. The fourth-order valence-corrected chi connectivity index (χ4v) is 2.24. The average Bonchev–Trinajstić information content (AvgIpc) is 2.57. The summed E-state index contributed by atoms with van der Waals surface area (Å²) in [4.78, 5) is 4.06. The Balaban J connectivity index is 2.34. The fraction of sp³-hybridized carbons (Fsp3) is 0.222. The number of hydrogen-bond donors (Lipinski definition) is 1. The summed E-state index contributed by atoms with van der Waals surface area (Å²) in [5.74, 6) is 0.707. The molecule has 0 saturated carbocycles. The van der Waals surface area contributed by atoms with Crippen LogP contribution in [0.2, 0.25) is 10.0 Å². The Hall–Kier alpha value is -0.220. The van der Waals surface area contributed by atoms with Gasteiger partial charge < -0.3 is 5.11 Å². The molecular formula is C9H7Cl2NOS. The zero-order chi connectivity index (χ0) is 10.1. The van der Waals surface area contributed by atoms with E-state index in [2.05, 4.69) is 4.99 Å². The van der Waals surface area contributed by atoms with Crippen LogP contribution in [0.15, 0.2) is 23.2 Å². The van der Waals surface area contributed by atoms with Gasteiger partial charge in [0, 0.05) is 5.75 Å². The summed E-state index contributed by atoms with van der Waals surface area (Å²) in [6.07, 6.45) is 0. The van der Waals surface area contributed by atoms with Gasteiger partial charge in [0.05, 0.1) is 15.8 Å². The summed E-state index contributed by atoms with van der Waals surface area (Å²) in [6.45, 7) is 0. The van der Waals surface area contributed by atoms with Crippen LogP contribution >= 0.6 is 35.0 Å². The molecule has 2 nitrogen and oxygen atoms in total. The van der Waals surface area contributed by atoms with Gasteiger partial charge in [0.2, 0.25) is 0 Å². The first kappa shape index (κ1) is 10.3. The van der Waals surface area contributed by atoms with Crippen LogP contribution < -0.4 is 0 Å². The molecule has 0 radical (unpaired) electrons. The highest BCUT2D eigenvalue weighted by molar-refractivity contribution is 8.00. The summed E-state index contributed by atoms with van der Waals surface area (Å²) >= 11 is 13.0. The summed E-state index contributed by atoms with van der Waals surface area (Å²) in [5.41, 5.74) is 1.14. The zero-order valence-electron chi connectivity index (χ0n) is 7.08. The van der Waals surface area contributed by atoms with Gasteiger partial charge in [-0.3, -0.25) is 0 Å². The first-order valence-corrected chi connectivity index (χ1v) is 5.79. The van der Waals surface area contributed by atoms with Gasteiger partial charge in [-0.15, -0.1) is 11.8 Å². The smallest absolute Gasteiger partial charge is 0.194 e. The Labute approximate surface area is 95.9 Å². The number of rotatable bonds is 1. The molecule has 2 rings (SSSR count). The molecule has 1 unspecified atom stereocenters. The van der Waals surface area contributed by atoms with Crippen molar-refractivity contribution in [3.8, 4) is 0 Å². The number of aliphatic hydroxyl groups excluding tert-OH is 1. The SMILES string of the molecule is OC1N=C(c2ccc(Cl)c(Cl)c2)CS1. The molecule has 0 bridgehead atoms. The lowest BCUT2D eigenvalue weighted by Crippen LogP contribution is -1.99. The van der Waals surface area contributed by atoms with Gasteiger partial charge in [-0.25, -0.2) is 4.99 Å². The molecule has 0 fully saturated rings. The maximum absolute atomic E-state index is 9.20. The van der Waals surface area contributed by atoms with E-state index in [9.17, 15) is 5.11 Å². The molecule has 1 aliphatic rings. The molecule has 74 valence electrons. The van der Waals surface area contributed by atoms with E-state index in [4.69, 9.17) is 23.2 Å². The normalized spacial score (nSPS) is 21.1. The molecule has 1 aromatic carbocycles. The molecule has 1 aliphatic heterocycles. The monoisotopic (exact) mass is 247 g/mol. The van der Waals surface area contributed by atoms with Crippen molar-refractivity contribution in [3.63, 3.8) is 0 Å². The minimum absolute atomic E-state index is 0.512. The average molecular weight is 248 g/mol. The molecule has 5 heteroatoms. The van der Waals surface area contributed by atoms with Gasteiger partial charge in [-0.2, -0.15) is 0 Å². The second-order valence-corrected chi connectivity index (χ2v) is 4.70. The first-order valence-electron chi connectivity index (χ1n) is 3.98. The van der Waals surface area contributed by atoms with Gasteiger partial charge >= 0.3 is 0 Å². The van der Waals surface area contributed by atoms with Gasteiger partial charge in [-0.05, 0) is 17.7 Å². The Morgan fingerprint density at radius 3 is 2.71 bits per heavy atom. The first-order chi connectivity index (χ1) is 6.66. The van der Waals surface area contributed by atoms with Crippen molar-refractivity contribution < 1.29 is 5.11 Å². The van der Waals surface area contributed by atoms with Gasteiger partial charge in [-0.1, -0.05) is 29.3 Å². The highest BCUT2D eigenvalue weighted by atomic mass is 35.5. The predicted molar refractivity (Wildman–Crippen MR) is 61.5 cm³/mol. The van der Waals surface area contributed by atoms with E-state index >= 15 is 0 Å².